The standard InChI is InChI=1S/C16H17IN6O8S/c1-2-29-7(24)4-30-21-8(11-20-16(18)31-22-11)12(25)19-9-13(26)23-10(15(27)28)6(3-17)5-32-14(9)23/h9,14H,2-5H2,1H3,(H,19,25)(H,27,28)(H2,18,20,22)/b21-8+/t9?,14-/m1/s1. The molecule has 1 saturated heterocycles. The highest BCUT2D eigenvalue weighted by Crippen LogP contribution is 2.40. The number of halogens is 1. The van der Waals surface area contributed by atoms with Gasteiger partial charge in [0.15, 0.2) is 0 Å². The van der Waals surface area contributed by atoms with E-state index in [4.69, 9.17) is 15.3 Å². The molecule has 2 aliphatic heterocycles. The second-order valence-corrected chi connectivity index (χ2v) is 8.09. The van der Waals surface area contributed by atoms with E-state index in [0.29, 0.717) is 15.8 Å². The van der Waals surface area contributed by atoms with Crippen molar-refractivity contribution in [2.45, 2.75) is 18.3 Å². The first-order valence-electron chi connectivity index (χ1n) is 9.00. The number of thioether (sulfide) groups is 1. The van der Waals surface area contributed by atoms with Crippen LogP contribution in [0.2, 0.25) is 0 Å². The molecule has 172 valence electrons. The van der Waals surface area contributed by atoms with E-state index in [-0.39, 0.29) is 24.1 Å². The highest BCUT2D eigenvalue weighted by atomic mass is 127. The fourth-order valence-electron chi connectivity index (χ4n) is 2.86. The summed E-state index contributed by atoms with van der Waals surface area (Å²) in [5, 5.41) is 18.4. The van der Waals surface area contributed by atoms with E-state index in [2.05, 4.69) is 25.1 Å². The molecule has 0 aliphatic carbocycles. The Morgan fingerprint density at radius 2 is 2.22 bits per heavy atom. The molecule has 16 heteroatoms. The van der Waals surface area contributed by atoms with Gasteiger partial charge in [-0.1, -0.05) is 32.9 Å². The van der Waals surface area contributed by atoms with Gasteiger partial charge in [0.25, 0.3) is 11.8 Å². The summed E-state index contributed by atoms with van der Waals surface area (Å²) in [7, 11) is 0. The van der Waals surface area contributed by atoms with Gasteiger partial charge in [0.1, 0.15) is 17.1 Å². The number of ether oxygens (including phenoxy) is 1. The van der Waals surface area contributed by atoms with Gasteiger partial charge in [0.2, 0.25) is 18.1 Å². The smallest absolute Gasteiger partial charge is 0.352 e. The summed E-state index contributed by atoms with van der Waals surface area (Å²) >= 11 is 3.35. The zero-order chi connectivity index (χ0) is 23.4. The average Bonchev–Trinajstić information content (AvgIpc) is 3.19. The fourth-order valence-corrected chi connectivity index (χ4v) is 5.21. The van der Waals surface area contributed by atoms with Crippen molar-refractivity contribution in [3.63, 3.8) is 0 Å². The van der Waals surface area contributed by atoms with Crippen LogP contribution in [0.25, 0.3) is 0 Å². The molecule has 0 radical (unpaired) electrons. The Kier molecular flexibility index (Phi) is 7.54. The molecule has 0 aromatic carbocycles. The number of esters is 1. The summed E-state index contributed by atoms with van der Waals surface area (Å²) in [6, 6.07) is -1.36. The highest BCUT2D eigenvalue weighted by molar-refractivity contribution is 14.1. The summed E-state index contributed by atoms with van der Waals surface area (Å²) in [5.74, 6) is -3.36. The minimum absolute atomic E-state index is 0.0729. The van der Waals surface area contributed by atoms with E-state index >= 15 is 0 Å². The van der Waals surface area contributed by atoms with Crippen molar-refractivity contribution in [1.29, 1.82) is 0 Å². The zero-order valence-electron chi connectivity index (χ0n) is 16.4. The van der Waals surface area contributed by atoms with Crippen LogP contribution in [0.4, 0.5) is 6.01 Å². The molecule has 0 spiro atoms. The lowest BCUT2D eigenvalue weighted by Gasteiger charge is -2.49. The van der Waals surface area contributed by atoms with E-state index in [1.165, 1.54) is 11.8 Å². The predicted molar refractivity (Wildman–Crippen MR) is 116 cm³/mol. The van der Waals surface area contributed by atoms with E-state index in [1.54, 1.807) is 6.92 Å². The van der Waals surface area contributed by atoms with Crippen LogP contribution in [0.15, 0.2) is 20.9 Å². The molecule has 2 atom stereocenters. The Labute approximate surface area is 198 Å². The normalized spacial score (nSPS) is 20.4. The van der Waals surface area contributed by atoms with Gasteiger partial charge in [-0.05, 0) is 12.5 Å². The topological polar surface area (TPSA) is 200 Å². The quantitative estimate of drug-likeness (QED) is 0.0814. The van der Waals surface area contributed by atoms with E-state index in [9.17, 15) is 24.3 Å². The van der Waals surface area contributed by atoms with Gasteiger partial charge in [0.05, 0.1) is 6.61 Å². The number of aromatic nitrogens is 2. The number of nitrogens with one attached hydrogen (secondary N) is 1. The molecule has 2 aliphatic rings. The second kappa shape index (κ2) is 10.2. The number of fused-ring (bicyclic) bond motifs is 1. The number of carbonyl (C=O) groups excluding carboxylic acids is 3. The van der Waals surface area contributed by atoms with E-state index in [0.717, 1.165) is 4.90 Å². The van der Waals surface area contributed by atoms with Crippen LogP contribution in [0.1, 0.15) is 12.7 Å². The van der Waals surface area contributed by atoms with Crippen LogP contribution in [0, 0.1) is 0 Å². The van der Waals surface area contributed by atoms with Crippen LogP contribution < -0.4 is 11.1 Å². The minimum atomic E-state index is -1.21. The Balaban J connectivity index is 1.76. The molecule has 0 saturated carbocycles. The Hall–Kier alpha value is -2.89. The van der Waals surface area contributed by atoms with Crippen LogP contribution in [0.3, 0.4) is 0 Å². The number of aliphatic carboxylic acids is 1. The first-order chi connectivity index (χ1) is 15.3. The maximum Gasteiger partial charge on any atom is 0.352 e. The molecule has 1 aromatic heterocycles. The number of alkyl halides is 1. The van der Waals surface area contributed by atoms with Crippen LogP contribution in [-0.4, -0.2) is 84.4 Å². The molecule has 1 fully saturated rings. The van der Waals surface area contributed by atoms with Crippen LogP contribution >= 0.6 is 34.4 Å². The minimum Gasteiger partial charge on any atom is -0.477 e. The predicted octanol–water partition coefficient (Wildman–Crippen LogP) is -0.891. The number of hydrogen-bond acceptors (Lipinski definition) is 12. The number of rotatable bonds is 9. The molecule has 4 N–H and O–H groups in total. The number of nitrogens with two attached hydrogens (primary N) is 1. The van der Waals surface area contributed by atoms with Gasteiger partial charge < -0.3 is 30.3 Å². The molecule has 1 aromatic rings. The van der Waals surface area contributed by atoms with E-state index < -0.39 is 47.5 Å². The molecule has 2 amide bonds. The summed E-state index contributed by atoms with van der Waals surface area (Å²) in [5.41, 5.74) is 5.43. The Bertz CT molecular complexity index is 1010. The average molecular weight is 580 g/mol. The van der Waals surface area contributed by atoms with Crippen molar-refractivity contribution < 1.29 is 38.4 Å². The van der Waals surface area contributed by atoms with Crippen molar-refractivity contribution in [3.8, 4) is 0 Å². The van der Waals surface area contributed by atoms with Crippen molar-refractivity contribution in [2.75, 3.05) is 29.1 Å². The van der Waals surface area contributed by atoms with Gasteiger partial charge in [-0.3, -0.25) is 14.5 Å². The number of nitrogen functional groups attached to an aromatic ring is 1. The lowest BCUT2D eigenvalue weighted by molar-refractivity contribution is -0.150. The lowest BCUT2D eigenvalue weighted by atomic mass is 10.0. The molecule has 1 unspecified atom stereocenters. The monoisotopic (exact) mass is 580 g/mol. The van der Waals surface area contributed by atoms with Gasteiger partial charge in [-0.25, -0.2) is 9.59 Å². The molecule has 32 heavy (non-hydrogen) atoms. The van der Waals surface area contributed by atoms with Crippen molar-refractivity contribution in [2.24, 2.45) is 5.16 Å². The number of hydrogen-bond donors (Lipinski definition) is 3. The fraction of sp³-hybridized carbons (Fsp3) is 0.438. The van der Waals surface area contributed by atoms with Crippen molar-refractivity contribution in [3.05, 3.63) is 17.1 Å². The van der Waals surface area contributed by atoms with Gasteiger partial charge >= 0.3 is 18.0 Å². The molecular formula is C16H17IN6O8S. The number of oxime groups is 1. The first kappa shape index (κ1) is 23.8. The largest absolute Gasteiger partial charge is 0.477 e. The third-order valence-electron chi connectivity index (χ3n) is 4.21. The van der Waals surface area contributed by atoms with Gasteiger partial charge in [-0.2, -0.15) is 4.98 Å². The SMILES string of the molecule is CCOC(=O)CO/N=C(/C(=O)NC1C(=O)N2C(C(=O)O)=C(CI)CS[C@H]12)c1noc(N)n1. The summed E-state index contributed by atoms with van der Waals surface area (Å²) in [6.07, 6.45) is 0. The number of carboxylic acid groups (broad SMARTS) is 1. The summed E-state index contributed by atoms with van der Waals surface area (Å²) < 4.78 is 9.78. The third kappa shape index (κ3) is 4.79. The molecule has 3 heterocycles. The third-order valence-corrected chi connectivity index (χ3v) is 6.47. The van der Waals surface area contributed by atoms with Gasteiger partial charge in [-0.15, -0.1) is 11.8 Å². The van der Waals surface area contributed by atoms with Crippen LogP contribution in [-0.2, 0) is 28.8 Å². The maximum atomic E-state index is 12.8. The Morgan fingerprint density at radius 1 is 1.47 bits per heavy atom. The molecular weight excluding hydrogens is 563 g/mol. The highest BCUT2D eigenvalue weighted by Gasteiger charge is 2.54. The number of carbonyl (C=O) groups is 4. The number of carboxylic acids is 1. The molecule has 0 bridgehead atoms. The van der Waals surface area contributed by atoms with E-state index in [1.807, 2.05) is 22.6 Å². The van der Waals surface area contributed by atoms with Crippen molar-refractivity contribution >= 4 is 69.8 Å². The molecule has 14 nitrogen and oxygen atoms in total. The number of anilines is 1. The van der Waals surface area contributed by atoms with Crippen molar-refractivity contribution in [1.82, 2.24) is 20.4 Å². The van der Waals surface area contributed by atoms with Crippen LogP contribution in [0.5, 0.6) is 0 Å². The molecule has 3 rings (SSSR count). The summed E-state index contributed by atoms with van der Waals surface area (Å²) in [4.78, 5) is 58.2. The second-order valence-electron chi connectivity index (χ2n) is 6.23. The lowest BCUT2D eigenvalue weighted by Crippen LogP contribution is -2.71. The zero-order valence-corrected chi connectivity index (χ0v) is 19.4. The number of β-lactam (4-membered cyclic amide) rings is 1. The number of amides is 2. The number of nitrogens with zero attached hydrogens (tertiary/aromatic N) is 4. The Morgan fingerprint density at radius 3 is 2.81 bits per heavy atom. The van der Waals surface area contributed by atoms with Gasteiger partial charge in [0, 0.05) is 10.2 Å². The summed E-state index contributed by atoms with van der Waals surface area (Å²) in [6.45, 7) is 1.16. The maximum absolute atomic E-state index is 12.8. The first-order valence-corrected chi connectivity index (χ1v) is 11.6.